The number of aryl methyl sites for hydroxylation is 1. The van der Waals surface area contributed by atoms with Gasteiger partial charge in [0.1, 0.15) is 6.07 Å². The molecule has 8 heteroatoms. The van der Waals surface area contributed by atoms with Crippen LogP contribution in [0.4, 0.5) is 16.2 Å². The van der Waals surface area contributed by atoms with E-state index in [1.54, 1.807) is 43.3 Å². The molecule has 0 atom stereocenters. The van der Waals surface area contributed by atoms with Gasteiger partial charge in [0.2, 0.25) is 10.0 Å². The Morgan fingerprint density at radius 2 is 1.71 bits per heavy atom. The molecule has 0 aliphatic carbocycles. The number of anilines is 2. The van der Waals surface area contributed by atoms with Crippen molar-refractivity contribution >= 4 is 27.4 Å². The second-order valence-electron chi connectivity index (χ2n) is 6.68. The Hall–Kier alpha value is -2.89. The summed E-state index contributed by atoms with van der Waals surface area (Å²) in [6, 6.07) is 12.8. The van der Waals surface area contributed by atoms with E-state index in [4.69, 9.17) is 5.26 Å². The molecule has 2 N–H and O–H groups in total. The van der Waals surface area contributed by atoms with Gasteiger partial charge in [-0.2, -0.15) is 9.57 Å². The molecule has 0 unspecified atom stereocenters. The van der Waals surface area contributed by atoms with E-state index in [-0.39, 0.29) is 4.90 Å². The van der Waals surface area contributed by atoms with E-state index in [0.29, 0.717) is 30.0 Å². The molecule has 1 heterocycles. The number of para-hydroxylation sites is 1. The van der Waals surface area contributed by atoms with Crippen LogP contribution in [-0.4, -0.2) is 31.8 Å². The van der Waals surface area contributed by atoms with Crippen LogP contribution in [0.15, 0.2) is 47.4 Å². The van der Waals surface area contributed by atoms with Crippen LogP contribution in [0.5, 0.6) is 0 Å². The van der Waals surface area contributed by atoms with Gasteiger partial charge in [0, 0.05) is 18.8 Å². The van der Waals surface area contributed by atoms with E-state index < -0.39 is 16.1 Å². The SMILES string of the molecule is Cc1ccc(S(=O)(=O)N2CCCCC2)cc1NC(=O)Nc1ccccc1C#N. The normalized spacial score (nSPS) is 14.9. The van der Waals surface area contributed by atoms with Crippen molar-refractivity contribution in [2.24, 2.45) is 0 Å². The highest BCUT2D eigenvalue weighted by molar-refractivity contribution is 7.89. The molecule has 2 aromatic carbocycles. The number of sulfonamides is 1. The monoisotopic (exact) mass is 398 g/mol. The van der Waals surface area contributed by atoms with Crippen LogP contribution in [0.3, 0.4) is 0 Å². The third-order valence-electron chi connectivity index (χ3n) is 4.71. The number of urea groups is 1. The fourth-order valence-corrected chi connectivity index (χ4v) is 4.66. The van der Waals surface area contributed by atoms with Crippen molar-refractivity contribution < 1.29 is 13.2 Å². The van der Waals surface area contributed by atoms with Crippen molar-refractivity contribution in [3.8, 4) is 6.07 Å². The standard InChI is InChI=1S/C20H22N4O3S/c1-15-9-10-17(28(26,27)24-11-5-2-6-12-24)13-19(15)23-20(25)22-18-8-4-3-7-16(18)14-21/h3-4,7-10,13H,2,5-6,11-12H2,1H3,(H2,22,23,25). The molecule has 146 valence electrons. The van der Waals surface area contributed by atoms with E-state index in [2.05, 4.69) is 10.6 Å². The Labute approximate surface area is 165 Å². The zero-order valence-electron chi connectivity index (χ0n) is 15.6. The number of nitrogens with zero attached hydrogens (tertiary/aromatic N) is 2. The third kappa shape index (κ3) is 4.32. The molecule has 1 aliphatic heterocycles. The first-order valence-electron chi connectivity index (χ1n) is 9.10. The molecule has 7 nitrogen and oxygen atoms in total. The molecule has 28 heavy (non-hydrogen) atoms. The van der Waals surface area contributed by atoms with E-state index in [0.717, 1.165) is 24.8 Å². The van der Waals surface area contributed by atoms with Crippen molar-refractivity contribution in [1.29, 1.82) is 5.26 Å². The first-order valence-corrected chi connectivity index (χ1v) is 10.5. The van der Waals surface area contributed by atoms with Gasteiger partial charge in [-0.05, 0) is 49.6 Å². The number of nitriles is 1. The molecule has 1 aliphatic rings. The highest BCUT2D eigenvalue weighted by atomic mass is 32.2. The fourth-order valence-electron chi connectivity index (χ4n) is 3.12. The van der Waals surface area contributed by atoms with Crippen LogP contribution in [-0.2, 0) is 10.0 Å². The van der Waals surface area contributed by atoms with E-state index in [1.807, 2.05) is 6.07 Å². The van der Waals surface area contributed by atoms with Gasteiger partial charge in [0.15, 0.2) is 0 Å². The Morgan fingerprint density at radius 1 is 1.04 bits per heavy atom. The number of hydrogen-bond donors (Lipinski definition) is 2. The number of carbonyl (C=O) groups excluding carboxylic acids is 1. The molecule has 0 aromatic heterocycles. The van der Waals surface area contributed by atoms with Crippen molar-refractivity contribution in [3.05, 3.63) is 53.6 Å². The Morgan fingerprint density at radius 3 is 2.43 bits per heavy atom. The molecule has 0 saturated carbocycles. The topological polar surface area (TPSA) is 102 Å². The smallest absolute Gasteiger partial charge is 0.307 e. The number of piperidine rings is 1. The maximum atomic E-state index is 12.9. The predicted octanol–water partition coefficient (Wildman–Crippen LogP) is 3.69. The minimum Gasteiger partial charge on any atom is -0.307 e. The van der Waals surface area contributed by atoms with Gasteiger partial charge in [-0.3, -0.25) is 0 Å². The summed E-state index contributed by atoms with van der Waals surface area (Å²) in [6.45, 7) is 2.82. The van der Waals surface area contributed by atoms with Gasteiger partial charge in [-0.15, -0.1) is 0 Å². The van der Waals surface area contributed by atoms with E-state index in [9.17, 15) is 13.2 Å². The molecule has 0 bridgehead atoms. The number of carbonyl (C=O) groups is 1. The molecule has 3 rings (SSSR count). The summed E-state index contributed by atoms with van der Waals surface area (Å²) >= 11 is 0. The lowest BCUT2D eigenvalue weighted by molar-refractivity contribution is 0.262. The lowest BCUT2D eigenvalue weighted by atomic mass is 10.2. The fraction of sp³-hybridized carbons (Fsp3) is 0.300. The number of amides is 2. The number of nitrogens with one attached hydrogen (secondary N) is 2. The number of hydrogen-bond acceptors (Lipinski definition) is 4. The summed E-state index contributed by atoms with van der Waals surface area (Å²) in [6.07, 6.45) is 2.75. The molecule has 2 amide bonds. The maximum Gasteiger partial charge on any atom is 0.323 e. The summed E-state index contributed by atoms with van der Waals surface area (Å²) in [5.41, 5.74) is 1.87. The summed E-state index contributed by atoms with van der Waals surface area (Å²) in [7, 11) is -3.59. The predicted molar refractivity (Wildman–Crippen MR) is 108 cm³/mol. The Balaban J connectivity index is 1.80. The number of benzene rings is 2. The van der Waals surface area contributed by atoms with Crippen molar-refractivity contribution in [2.75, 3.05) is 23.7 Å². The highest BCUT2D eigenvalue weighted by Gasteiger charge is 2.26. The Bertz CT molecular complexity index is 1020. The van der Waals surface area contributed by atoms with Crippen LogP contribution < -0.4 is 10.6 Å². The van der Waals surface area contributed by atoms with Gasteiger partial charge < -0.3 is 10.6 Å². The highest BCUT2D eigenvalue weighted by Crippen LogP contribution is 2.25. The van der Waals surface area contributed by atoms with Crippen LogP contribution in [0, 0.1) is 18.3 Å². The first-order chi connectivity index (χ1) is 13.4. The van der Waals surface area contributed by atoms with E-state index in [1.165, 1.54) is 10.4 Å². The van der Waals surface area contributed by atoms with Crippen molar-refractivity contribution in [2.45, 2.75) is 31.1 Å². The van der Waals surface area contributed by atoms with Crippen LogP contribution in [0.1, 0.15) is 30.4 Å². The molecule has 1 fully saturated rings. The van der Waals surface area contributed by atoms with Crippen LogP contribution >= 0.6 is 0 Å². The first kappa shape index (κ1) is 19.9. The van der Waals surface area contributed by atoms with Gasteiger partial charge in [0.25, 0.3) is 0 Å². The Kier molecular flexibility index (Phi) is 5.97. The average Bonchev–Trinajstić information content (AvgIpc) is 2.70. The molecule has 0 radical (unpaired) electrons. The third-order valence-corrected chi connectivity index (χ3v) is 6.60. The minimum atomic E-state index is -3.59. The summed E-state index contributed by atoms with van der Waals surface area (Å²) < 4.78 is 27.2. The molecular weight excluding hydrogens is 376 g/mol. The lowest BCUT2D eigenvalue weighted by Gasteiger charge is -2.26. The average molecular weight is 398 g/mol. The lowest BCUT2D eigenvalue weighted by Crippen LogP contribution is -2.35. The van der Waals surface area contributed by atoms with Gasteiger partial charge in [-0.1, -0.05) is 24.6 Å². The van der Waals surface area contributed by atoms with Gasteiger partial charge in [-0.25, -0.2) is 13.2 Å². The largest absolute Gasteiger partial charge is 0.323 e. The quantitative estimate of drug-likeness (QED) is 0.820. The van der Waals surface area contributed by atoms with Crippen LogP contribution in [0.25, 0.3) is 0 Å². The van der Waals surface area contributed by atoms with Gasteiger partial charge in [0.05, 0.1) is 16.1 Å². The summed E-state index contributed by atoms with van der Waals surface area (Å²) in [5.74, 6) is 0. The van der Waals surface area contributed by atoms with Crippen LogP contribution in [0.2, 0.25) is 0 Å². The zero-order chi connectivity index (χ0) is 20.1. The second-order valence-corrected chi connectivity index (χ2v) is 8.62. The number of rotatable bonds is 4. The molecular formula is C20H22N4O3S. The zero-order valence-corrected chi connectivity index (χ0v) is 16.4. The maximum absolute atomic E-state index is 12.9. The molecule has 0 spiro atoms. The van der Waals surface area contributed by atoms with Gasteiger partial charge >= 0.3 is 6.03 Å². The molecule has 1 saturated heterocycles. The molecule has 2 aromatic rings. The van der Waals surface area contributed by atoms with E-state index >= 15 is 0 Å². The minimum absolute atomic E-state index is 0.160. The van der Waals surface area contributed by atoms with Crippen molar-refractivity contribution in [1.82, 2.24) is 4.31 Å². The summed E-state index contributed by atoms with van der Waals surface area (Å²) in [5, 5.41) is 14.4. The second kappa shape index (κ2) is 8.42. The summed E-state index contributed by atoms with van der Waals surface area (Å²) in [4.78, 5) is 12.5. The van der Waals surface area contributed by atoms with Crippen molar-refractivity contribution in [3.63, 3.8) is 0 Å².